The van der Waals surface area contributed by atoms with Crippen molar-refractivity contribution in [3.8, 4) is 0 Å². The first-order chi connectivity index (χ1) is 11.2. The summed E-state index contributed by atoms with van der Waals surface area (Å²) in [5, 5.41) is 20.5. The monoisotopic (exact) mass is 351 g/mol. The number of aryl methyl sites for hydroxylation is 1. The van der Waals surface area contributed by atoms with Crippen LogP contribution in [0.5, 0.6) is 0 Å². The molecule has 0 fully saturated rings. The molecule has 0 amide bonds. The van der Waals surface area contributed by atoms with Crippen molar-refractivity contribution in [3.05, 3.63) is 41.0 Å². The van der Waals surface area contributed by atoms with Gasteiger partial charge in [-0.2, -0.15) is 0 Å². The van der Waals surface area contributed by atoms with Crippen LogP contribution in [-0.2, 0) is 19.4 Å². The highest BCUT2D eigenvalue weighted by Gasteiger charge is 2.56. The lowest BCUT2D eigenvalue weighted by molar-refractivity contribution is -0.164. The summed E-state index contributed by atoms with van der Waals surface area (Å²) < 4.78 is 25.9. The van der Waals surface area contributed by atoms with Crippen LogP contribution >= 0.6 is 0 Å². The molecule has 8 heteroatoms. The van der Waals surface area contributed by atoms with Crippen molar-refractivity contribution < 1.29 is 28.2 Å². The summed E-state index contributed by atoms with van der Waals surface area (Å²) in [5.74, 6) is -2.87. The zero-order chi connectivity index (χ0) is 17.7. The molecule has 1 heterocycles. The first-order valence-corrected chi connectivity index (χ1v) is 8.95. The van der Waals surface area contributed by atoms with Crippen LogP contribution in [0.25, 0.3) is 0 Å². The molecule has 0 saturated carbocycles. The number of sulfone groups is 1. The summed E-state index contributed by atoms with van der Waals surface area (Å²) in [6, 6.07) is 6.54. The second-order valence-electron chi connectivity index (χ2n) is 6.25. The number of hydrogen-bond donors (Lipinski definition) is 3. The van der Waals surface area contributed by atoms with Crippen molar-refractivity contribution >= 4 is 21.8 Å². The van der Waals surface area contributed by atoms with Gasteiger partial charge in [0, 0.05) is 6.54 Å². The molecule has 1 aliphatic carbocycles. The van der Waals surface area contributed by atoms with Gasteiger partial charge in [0.2, 0.25) is 0 Å². The third-order valence-electron chi connectivity index (χ3n) is 4.81. The van der Waals surface area contributed by atoms with E-state index in [1.165, 1.54) is 6.07 Å². The molecule has 1 aromatic carbocycles. The van der Waals surface area contributed by atoms with Crippen LogP contribution in [0.4, 0.5) is 0 Å². The van der Waals surface area contributed by atoms with E-state index in [0.29, 0.717) is 16.7 Å². The lowest BCUT2D eigenvalue weighted by Gasteiger charge is -2.23. The Hall–Kier alpha value is -2.19. The van der Waals surface area contributed by atoms with E-state index in [4.69, 9.17) is 0 Å². The Morgan fingerprint density at radius 3 is 2.38 bits per heavy atom. The zero-order valence-electron chi connectivity index (χ0n) is 12.9. The van der Waals surface area contributed by atoms with Crippen molar-refractivity contribution in [2.45, 2.75) is 30.0 Å². The van der Waals surface area contributed by atoms with Crippen LogP contribution in [0.15, 0.2) is 40.3 Å². The zero-order valence-corrected chi connectivity index (χ0v) is 13.8. The molecule has 0 radical (unpaired) electrons. The van der Waals surface area contributed by atoms with E-state index in [9.17, 15) is 28.2 Å². The van der Waals surface area contributed by atoms with Crippen molar-refractivity contribution in [2.75, 3.05) is 6.54 Å². The Kier molecular flexibility index (Phi) is 3.76. The smallest absolute Gasteiger partial charge is 0.321 e. The third kappa shape index (κ3) is 2.25. The number of benzene rings is 1. The van der Waals surface area contributed by atoms with Gasteiger partial charge in [-0.1, -0.05) is 23.8 Å². The molecule has 1 atom stereocenters. The van der Waals surface area contributed by atoms with Gasteiger partial charge in [-0.25, -0.2) is 8.42 Å². The molecule has 0 spiro atoms. The maximum atomic E-state index is 13.0. The lowest BCUT2D eigenvalue weighted by atomic mass is 9.83. The van der Waals surface area contributed by atoms with Gasteiger partial charge in [0.25, 0.3) is 0 Å². The first-order valence-electron chi connectivity index (χ1n) is 7.40. The first kappa shape index (κ1) is 16.7. The van der Waals surface area contributed by atoms with Gasteiger partial charge >= 0.3 is 11.9 Å². The second kappa shape index (κ2) is 5.42. The molecule has 1 unspecified atom stereocenters. The highest BCUT2D eigenvalue weighted by atomic mass is 32.2. The van der Waals surface area contributed by atoms with Gasteiger partial charge in [-0.05, 0) is 37.0 Å². The van der Waals surface area contributed by atoms with Gasteiger partial charge in [0.15, 0.2) is 15.3 Å². The van der Waals surface area contributed by atoms with Crippen LogP contribution in [-0.4, -0.2) is 42.5 Å². The molecule has 0 saturated heterocycles. The van der Waals surface area contributed by atoms with Crippen LogP contribution < -0.4 is 5.32 Å². The average Bonchev–Trinajstić information content (AvgIpc) is 3.05. The summed E-state index contributed by atoms with van der Waals surface area (Å²) >= 11 is 0. The van der Waals surface area contributed by atoms with Crippen molar-refractivity contribution in [3.63, 3.8) is 0 Å². The number of hydrogen-bond acceptors (Lipinski definition) is 5. The number of carboxylic acids is 2. The van der Waals surface area contributed by atoms with Crippen molar-refractivity contribution in [1.29, 1.82) is 0 Å². The lowest BCUT2D eigenvalue weighted by Crippen LogP contribution is -2.42. The van der Waals surface area contributed by atoms with Gasteiger partial charge in [0.1, 0.15) is 5.37 Å². The highest BCUT2D eigenvalue weighted by Crippen LogP contribution is 2.47. The topological polar surface area (TPSA) is 121 Å². The molecule has 1 aliphatic heterocycles. The minimum absolute atomic E-state index is 0.166. The van der Waals surface area contributed by atoms with Crippen LogP contribution in [0.1, 0.15) is 18.4 Å². The predicted molar refractivity (Wildman–Crippen MR) is 84.1 cm³/mol. The second-order valence-corrected chi connectivity index (χ2v) is 8.25. The minimum Gasteiger partial charge on any atom is -0.480 e. The fourth-order valence-electron chi connectivity index (χ4n) is 3.48. The number of carbonyl (C=O) groups is 2. The molecule has 3 N–H and O–H groups in total. The molecule has 7 nitrogen and oxygen atoms in total. The summed E-state index contributed by atoms with van der Waals surface area (Å²) in [6.07, 6.45) is -0.463. The molecule has 1 aromatic rings. The standard InChI is InChI=1S/C16H17NO6S/c1-9-4-2-3-5-12(9)24(22,23)13-11-7-16(14(18)19,15(20)21)6-10(11)8-17-13/h2-5,13,17H,6-8H2,1H3,(H,18,19)(H,20,21). The van der Waals surface area contributed by atoms with Gasteiger partial charge in [0.05, 0.1) is 4.90 Å². The van der Waals surface area contributed by atoms with Crippen molar-refractivity contribution in [1.82, 2.24) is 5.32 Å². The fourth-order valence-corrected chi connectivity index (χ4v) is 5.44. The largest absolute Gasteiger partial charge is 0.480 e. The van der Waals surface area contributed by atoms with E-state index in [1.54, 1.807) is 25.1 Å². The van der Waals surface area contributed by atoms with E-state index in [1.807, 2.05) is 0 Å². The molecule has 24 heavy (non-hydrogen) atoms. The SMILES string of the molecule is Cc1ccccc1S(=O)(=O)C1NCC2=C1CC(C(=O)O)(C(=O)O)C2. The van der Waals surface area contributed by atoms with E-state index in [2.05, 4.69) is 5.32 Å². The molecule has 0 bridgehead atoms. The van der Waals surface area contributed by atoms with Crippen molar-refractivity contribution in [2.24, 2.45) is 5.41 Å². The normalized spacial score (nSPS) is 22.5. The van der Waals surface area contributed by atoms with Crippen LogP contribution in [0, 0.1) is 12.3 Å². The molecular weight excluding hydrogens is 334 g/mol. The maximum absolute atomic E-state index is 13.0. The fraction of sp³-hybridized carbons (Fsp3) is 0.375. The van der Waals surface area contributed by atoms with Gasteiger partial charge < -0.3 is 10.2 Å². The summed E-state index contributed by atoms with van der Waals surface area (Å²) in [6.45, 7) is 1.87. The Morgan fingerprint density at radius 1 is 1.17 bits per heavy atom. The quantitative estimate of drug-likeness (QED) is 0.545. The third-order valence-corrected chi connectivity index (χ3v) is 6.95. The summed E-state index contributed by atoms with van der Waals surface area (Å²) in [4.78, 5) is 23.2. The molecule has 128 valence electrons. The Bertz CT molecular complexity index is 856. The molecule has 0 aromatic heterocycles. The number of aliphatic carboxylic acids is 2. The van der Waals surface area contributed by atoms with E-state index in [0.717, 1.165) is 0 Å². The van der Waals surface area contributed by atoms with Crippen LogP contribution in [0.3, 0.4) is 0 Å². The molecule has 2 aliphatic rings. The predicted octanol–water partition coefficient (Wildman–Crippen LogP) is 0.944. The van der Waals surface area contributed by atoms with E-state index in [-0.39, 0.29) is 24.3 Å². The summed E-state index contributed by atoms with van der Waals surface area (Å²) in [5.41, 5.74) is -0.425. The number of carboxylic acid groups (broad SMARTS) is 2. The average molecular weight is 351 g/mol. The number of nitrogens with one attached hydrogen (secondary N) is 1. The van der Waals surface area contributed by atoms with Gasteiger partial charge in [-0.3, -0.25) is 14.9 Å². The Balaban J connectivity index is 2.00. The molecule has 3 rings (SSSR count). The molecular formula is C16H17NO6S. The maximum Gasteiger partial charge on any atom is 0.321 e. The Morgan fingerprint density at radius 2 is 1.79 bits per heavy atom. The number of rotatable bonds is 4. The minimum atomic E-state index is -3.78. The van der Waals surface area contributed by atoms with Crippen LogP contribution in [0.2, 0.25) is 0 Å². The van der Waals surface area contributed by atoms with E-state index < -0.39 is 32.6 Å². The van der Waals surface area contributed by atoms with E-state index >= 15 is 0 Å². The van der Waals surface area contributed by atoms with Gasteiger partial charge in [-0.15, -0.1) is 0 Å². The Labute approximate surface area is 138 Å². The highest BCUT2D eigenvalue weighted by molar-refractivity contribution is 7.92. The summed E-state index contributed by atoms with van der Waals surface area (Å²) in [7, 11) is -3.78.